The second-order valence-corrected chi connectivity index (χ2v) is 4.23. The lowest BCUT2D eigenvalue weighted by Crippen LogP contribution is -2.13. The van der Waals surface area contributed by atoms with E-state index >= 15 is 0 Å². The quantitative estimate of drug-likeness (QED) is 0.600. The maximum Gasteiger partial charge on any atom is 0.422 e. The zero-order valence-electron chi connectivity index (χ0n) is 8.75. The summed E-state index contributed by atoms with van der Waals surface area (Å²) in [6, 6.07) is 1.26. The molecule has 2 nitrogen and oxygen atoms in total. The molecule has 0 atom stereocenters. The van der Waals surface area contributed by atoms with Crippen molar-refractivity contribution in [2.24, 2.45) is 0 Å². The zero-order valence-corrected chi connectivity index (χ0v) is 10.3. The van der Waals surface area contributed by atoms with E-state index in [1.54, 1.807) is 0 Å². The van der Waals surface area contributed by atoms with Gasteiger partial charge in [0.15, 0.2) is 11.6 Å². The lowest BCUT2D eigenvalue weighted by atomic mass is 10.1. The van der Waals surface area contributed by atoms with Crippen LogP contribution in [0, 0.1) is 11.6 Å². The van der Waals surface area contributed by atoms with Crippen LogP contribution in [0.1, 0.15) is 5.56 Å². The van der Waals surface area contributed by atoms with E-state index in [2.05, 4.69) is 10.2 Å². The Balaban J connectivity index is 2.82. The molecule has 0 bridgehead atoms. The molecule has 0 amide bonds. The zero-order chi connectivity index (χ0) is 14.4. The second-order valence-electron chi connectivity index (χ2n) is 3.47. The van der Waals surface area contributed by atoms with Gasteiger partial charge in [0, 0.05) is 11.8 Å². The van der Waals surface area contributed by atoms with Crippen LogP contribution in [-0.2, 0) is 6.18 Å². The third kappa shape index (κ3) is 2.28. The molecular formula is C10H3Cl2F5N2. The molecule has 0 aliphatic carbocycles. The van der Waals surface area contributed by atoms with Crippen LogP contribution in [0.25, 0.3) is 11.3 Å². The van der Waals surface area contributed by atoms with Gasteiger partial charge in [-0.3, -0.25) is 5.10 Å². The van der Waals surface area contributed by atoms with Gasteiger partial charge >= 0.3 is 6.18 Å². The Morgan fingerprint density at radius 1 is 1.05 bits per heavy atom. The Labute approximate surface area is 113 Å². The summed E-state index contributed by atoms with van der Waals surface area (Å²) in [5.74, 6) is -3.83. The van der Waals surface area contributed by atoms with Crippen LogP contribution in [-0.4, -0.2) is 10.2 Å². The van der Waals surface area contributed by atoms with Gasteiger partial charge in [-0.1, -0.05) is 23.2 Å². The molecule has 9 heteroatoms. The van der Waals surface area contributed by atoms with Gasteiger partial charge in [0.25, 0.3) is 0 Å². The fourth-order valence-corrected chi connectivity index (χ4v) is 2.14. The average Bonchev–Trinajstić information content (AvgIpc) is 2.79. The van der Waals surface area contributed by atoms with Crippen LogP contribution in [0.2, 0.25) is 10.0 Å². The van der Waals surface area contributed by atoms with Crippen molar-refractivity contribution in [2.45, 2.75) is 6.18 Å². The van der Waals surface area contributed by atoms with Crippen molar-refractivity contribution < 1.29 is 22.0 Å². The number of rotatable bonds is 1. The molecule has 1 heterocycles. The van der Waals surface area contributed by atoms with E-state index in [1.165, 1.54) is 12.3 Å². The van der Waals surface area contributed by atoms with Crippen LogP contribution in [0.15, 0.2) is 12.3 Å². The van der Waals surface area contributed by atoms with E-state index in [-0.39, 0.29) is 5.69 Å². The van der Waals surface area contributed by atoms with Crippen molar-refractivity contribution in [3.8, 4) is 11.3 Å². The number of alkyl halides is 3. The normalized spacial score (nSPS) is 11.9. The van der Waals surface area contributed by atoms with E-state index < -0.39 is 39.0 Å². The van der Waals surface area contributed by atoms with Crippen molar-refractivity contribution in [3.63, 3.8) is 0 Å². The Hall–Kier alpha value is -1.34. The summed E-state index contributed by atoms with van der Waals surface area (Å²) in [4.78, 5) is 0. The first kappa shape index (κ1) is 14.1. The molecule has 0 unspecified atom stereocenters. The monoisotopic (exact) mass is 316 g/mol. The summed E-state index contributed by atoms with van der Waals surface area (Å²) in [7, 11) is 0. The number of hydrogen-bond acceptors (Lipinski definition) is 1. The van der Waals surface area contributed by atoms with Gasteiger partial charge in [-0.05, 0) is 6.07 Å². The summed E-state index contributed by atoms with van der Waals surface area (Å²) >= 11 is 11.0. The molecule has 2 rings (SSSR count). The third-order valence-corrected chi connectivity index (χ3v) is 3.03. The van der Waals surface area contributed by atoms with Gasteiger partial charge in [0.1, 0.15) is 5.56 Å². The van der Waals surface area contributed by atoms with Crippen LogP contribution in [0.4, 0.5) is 22.0 Å². The number of benzene rings is 1. The second kappa shape index (κ2) is 4.64. The molecule has 0 saturated heterocycles. The molecule has 0 fully saturated rings. The predicted octanol–water partition coefficient (Wildman–Crippen LogP) is 4.68. The van der Waals surface area contributed by atoms with Crippen molar-refractivity contribution in [1.82, 2.24) is 10.2 Å². The molecule has 0 radical (unpaired) electrons. The van der Waals surface area contributed by atoms with Gasteiger partial charge in [-0.2, -0.15) is 18.3 Å². The number of aromatic amines is 1. The largest absolute Gasteiger partial charge is 0.422 e. The van der Waals surface area contributed by atoms with E-state index in [0.717, 1.165) is 0 Å². The third-order valence-electron chi connectivity index (χ3n) is 2.32. The van der Waals surface area contributed by atoms with Crippen LogP contribution in [0.5, 0.6) is 0 Å². The molecule has 19 heavy (non-hydrogen) atoms. The lowest BCUT2D eigenvalue weighted by Gasteiger charge is -2.14. The lowest BCUT2D eigenvalue weighted by molar-refractivity contribution is -0.142. The molecule has 2 aromatic rings. The number of hydrogen-bond donors (Lipinski definition) is 1. The Kier molecular flexibility index (Phi) is 3.44. The highest BCUT2D eigenvalue weighted by molar-refractivity contribution is 6.39. The fourth-order valence-electron chi connectivity index (χ4n) is 1.51. The van der Waals surface area contributed by atoms with E-state index in [1.807, 2.05) is 0 Å². The van der Waals surface area contributed by atoms with E-state index in [9.17, 15) is 22.0 Å². The van der Waals surface area contributed by atoms with E-state index in [4.69, 9.17) is 23.2 Å². The van der Waals surface area contributed by atoms with Crippen molar-refractivity contribution in [3.05, 3.63) is 39.5 Å². The molecule has 1 aromatic heterocycles. The van der Waals surface area contributed by atoms with Gasteiger partial charge < -0.3 is 0 Å². The van der Waals surface area contributed by atoms with Crippen LogP contribution >= 0.6 is 23.2 Å². The van der Waals surface area contributed by atoms with Crippen LogP contribution in [0.3, 0.4) is 0 Å². The Morgan fingerprint density at radius 3 is 1.95 bits per heavy atom. The first-order valence-electron chi connectivity index (χ1n) is 4.68. The van der Waals surface area contributed by atoms with Gasteiger partial charge in [0.2, 0.25) is 0 Å². The topological polar surface area (TPSA) is 28.7 Å². The minimum absolute atomic E-state index is 0.00141. The molecule has 0 aliphatic heterocycles. The summed E-state index contributed by atoms with van der Waals surface area (Å²) in [6.45, 7) is 0. The molecule has 1 aromatic carbocycles. The number of aromatic nitrogens is 2. The molecule has 0 spiro atoms. The summed E-state index contributed by atoms with van der Waals surface area (Å²) in [5, 5.41) is 3.96. The standard InChI is InChI=1S/C10H3Cl2F5N2/c11-6-4(3-1-2-18-19-3)7(12)9(14)5(8(6)13)10(15,16)17/h1-2H,(H,18,19). The van der Waals surface area contributed by atoms with Crippen LogP contribution < -0.4 is 0 Å². The number of nitrogens with zero attached hydrogens (tertiary/aromatic N) is 1. The average molecular weight is 317 g/mol. The predicted molar refractivity (Wildman–Crippen MR) is 59.0 cm³/mol. The molecular weight excluding hydrogens is 314 g/mol. The molecule has 0 saturated carbocycles. The van der Waals surface area contributed by atoms with Gasteiger partial charge in [-0.25, -0.2) is 8.78 Å². The maximum atomic E-state index is 13.6. The first-order chi connectivity index (χ1) is 8.75. The highest BCUT2D eigenvalue weighted by atomic mass is 35.5. The van der Waals surface area contributed by atoms with Gasteiger partial charge in [-0.15, -0.1) is 0 Å². The highest BCUT2D eigenvalue weighted by Gasteiger charge is 2.41. The van der Waals surface area contributed by atoms with Gasteiger partial charge in [0.05, 0.1) is 15.7 Å². The van der Waals surface area contributed by atoms with Crippen molar-refractivity contribution in [1.29, 1.82) is 0 Å². The molecule has 1 N–H and O–H groups in total. The SMILES string of the molecule is Fc1c(Cl)c(-c2ccn[nH]2)c(Cl)c(F)c1C(F)(F)F. The minimum atomic E-state index is -5.24. The molecule has 102 valence electrons. The van der Waals surface area contributed by atoms with Crippen molar-refractivity contribution in [2.75, 3.05) is 0 Å². The number of nitrogens with one attached hydrogen (secondary N) is 1. The van der Waals surface area contributed by atoms with E-state index in [0.29, 0.717) is 0 Å². The smallest absolute Gasteiger partial charge is 0.278 e. The first-order valence-corrected chi connectivity index (χ1v) is 5.43. The summed E-state index contributed by atoms with van der Waals surface area (Å²) in [5.41, 5.74) is -2.53. The minimum Gasteiger partial charge on any atom is -0.278 e. The Bertz CT molecular complexity index is 593. The number of H-pyrrole nitrogens is 1. The van der Waals surface area contributed by atoms with Crippen molar-refractivity contribution >= 4 is 23.2 Å². The summed E-state index contributed by atoms with van der Waals surface area (Å²) < 4.78 is 64.8. The molecule has 0 aliphatic rings. The summed E-state index contributed by atoms with van der Waals surface area (Å²) in [6.07, 6.45) is -4.01. The maximum absolute atomic E-state index is 13.6. The fraction of sp³-hybridized carbons (Fsp3) is 0.100. The number of halogens is 7. The Morgan fingerprint density at radius 2 is 1.58 bits per heavy atom. The highest BCUT2D eigenvalue weighted by Crippen LogP contribution is 2.44.